The number of nitrogens with zero attached hydrogens (tertiary/aromatic N) is 1. The SMILES string of the molecule is COCCn1c(N)c(NC(C)(C)COC)c(=O)[nH]c1=O. The molecule has 0 atom stereocenters. The minimum Gasteiger partial charge on any atom is -0.383 e. The highest BCUT2D eigenvalue weighted by Crippen LogP contribution is 2.16. The van der Waals surface area contributed by atoms with E-state index in [1.165, 1.54) is 11.7 Å². The average molecular weight is 286 g/mol. The molecule has 20 heavy (non-hydrogen) atoms. The Morgan fingerprint density at radius 2 is 1.95 bits per heavy atom. The zero-order chi connectivity index (χ0) is 15.3. The molecule has 0 unspecified atom stereocenters. The van der Waals surface area contributed by atoms with Gasteiger partial charge in [-0.2, -0.15) is 0 Å². The van der Waals surface area contributed by atoms with Crippen molar-refractivity contribution in [2.24, 2.45) is 0 Å². The number of nitrogen functional groups attached to an aromatic ring is 1. The number of aromatic nitrogens is 2. The predicted molar refractivity (Wildman–Crippen MR) is 77.2 cm³/mol. The van der Waals surface area contributed by atoms with E-state index in [0.717, 1.165) is 0 Å². The number of aromatic amines is 1. The highest BCUT2D eigenvalue weighted by molar-refractivity contribution is 5.61. The van der Waals surface area contributed by atoms with Gasteiger partial charge >= 0.3 is 5.69 Å². The van der Waals surface area contributed by atoms with Crippen LogP contribution in [-0.2, 0) is 16.0 Å². The lowest BCUT2D eigenvalue weighted by Crippen LogP contribution is -2.41. The van der Waals surface area contributed by atoms with Gasteiger partial charge in [0.25, 0.3) is 5.56 Å². The Balaban J connectivity index is 3.20. The van der Waals surface area contributed by atoms with Crippen molar-refractivity contribution < 1.29 is 9.47 Å². The number of nitrogens with two attached hydrogens (primary N) is 1. The van der Waals surface area contributed by atoms with Gasteiger partial charge in [-0.1, -0.05) is 0 Å². The molecule has 0 aliphatic rings. The van der Waals surface area contributed by atoms with E-state index >= 15 is 0 Å². The maximum atomic E-state index is 11.9. The third-order valence-corrected chi connectivity index (χ3v) is 2.73. The van der Waals surface area contributed by atoms with Crippen molar-refractivity contribution in [1.29, 1.82) is 0 Å². The Morgan fingerprint density at radius 1 is 1.30 bits per heavy atom. The van der Waals surface area contributed by atoms with Gasteiger partial charge in [-0.05, 0) is 13.8 Å². The van der Waals surface area contributed by atoms with Crippen molar-refractivity contribution in [3.05, 3.63) is 20.8 Å². The van der Waals surface area contributed by atoms with Crippen molar-refractivity contribution in [2.45, 2.75) is 25.9 Å². The number of methoxy groups -OCH3 is 2. The van der Waals surface area contributed by atoms with Gasteiger partial charge in [-0.3, -0.25) is 14.3 Å². The van der Waals surface area contributed by atoms with Crippen molar-refractivity contribution >= 4 is 11.5 Å². The van der Waals surface area contributed by atoms with Gasteiger partial charge in [-0.15, -0.1) is 0 Å². The zero-order valence-electron chi connectivity index (χ0n) is 12.3. The second-order valence-electron chi connectivity index (χ2n) is 5.11. The van der Waals surface area contributed by atoms with Crippen LogP contribution in [-0.4, -0.2) is 42.5 Å². The summed E-state index contributed by atoms with van der Waals surface area (Å²) in [7, 11) is 3.09. The number of H-pyrrole nitrogens is 1. The number of anilines is 2. The first-order valence-electron chi connectivity index (χ1n) is 6.21. The van der Waals surface area contributed by atoms with E-state index in [0.29, 0.717) is 13.2 Å². The highest BCUT2D eigenvalue weighted by atomic mass is 16.5. The number of ether oxygens (including phenoxy) is 2. The lowest BCUT2D eigenvalue weighted by atomic mass is 10.1. The van der Waals surface area contributed by atoms with E-state index < -0.39 is 16.8 Å². The fraction of sp³-hybridized carbons (Fsp3) is 0.667. The molecule has 4 N–H and O–H groups in total. The van der Waals surface area contributed by atoms with Crippen molar-refractivity contribution in [3.8, 4) is 0 Å². The summed E-state index contributed by atoms with van der Waals surface area (Å²) < 4.78 is 11.3. The maximum absolute atomic E-state index is 11.9. The van der Waals surface area contributed by atoms with E-state index in [-0.39, 0.29) is 18.1 Å². The number of nitrogens with one attached hydrogen (secondary N) is 2. The topological polar surface area (TPSA) is 111 Å². The molecule has 1 heterocycles. The molecular formula is C12H22N4O4. The predicted octanol–water partition coefficient (Wildman–Crippen LogP) is -0.398. The maximum Gasteiger partial charge on any atom is 0.330 e. The van der Waals surface area contributed by atoms with Crippen LogP contribution >= 0.6 is 0 Å². The van der Waals surface area contributed by atoms with Gasteiger partial charge in [0.1, 0.15) is 11.5 Å². The molecule has 0 aromatic carbocycles. The molecule has 1 aromatic heterocycles. The van der Waals surface area contributed by atoms with Gasteiger partial charge in [0.05, 0.1) is 25.3 Å². The Labute approximate surface area is 116 Å². The van der Waals surface area contributed by atoms with E-state index in [9.17, 15) is 9.59 Å². The highest BCUT2D eigenvalue weighted by Gasteiger charge is 2.22. The molecule has 8 heteroatoms. The molecule has 0 aliphatic carbocycles. The average Bonchev–Trinajstić information content (AvgIpc) is 2.34. The molecular weight excluding hydrogens is 264 g/mol. The summed E-state index contributed by atoms with van der Waals surface area (Å²) in [4.78, 5) is 25.8. The summed E-state index contributed by atoms with van der Waals surface area (Å²) in [6.45, 7) is 4.68. The second kappa shape index (κ2) is 6.58. The van der Waals surface area contributed by atoms with E-state index in [1.807, 2.05) is 13.8 Å². The summed E-state index contributed by atoms with van der Waals surface area (Å²) in [6.07, 6.45) is 0. The molecule has 0 saturated carbocycles. The Morgan fingerprint density at radius 3 is 2.50 bits per heavy atom. The first-order valence-corrected chi connectivity index (χ1v) is 6.21. The zero-order valence-corrected chi connectivity index (χ0v) is 12.3. The van der Waals surface area contributed by atoms with Crippen LogP contribution in [0.15, 0.2) is 9.59 Å². The van der Waals surface area contributed by atoms with Crippen LogP contribution in [0.3, 0.4) is 0 Å². The monoisotopic (exact) mass is 286 g/mol. The Kier molecular flexibility index (Phi) is 5.34. The minimum absolute atomic E-state index is 0.0833. The van der Waals surface area contributed by atoms with Gasteiger partial charge in [0, 0.05) is 14.2 Å². The normalized spacial score (nSPS) is 11.6. The van der Waals surface area contributed by atoms with E-state index in [2.05, 4.69) is 10.3 Å². The molecule has 1 rings (SSSR count). The molecule has 0 aliphatic heterocycles. The molecule has 0 amide bonds. The van der Waals surface area contributed by atoms with Crippen molar-refractivity contribution in [3.63, 3.8) is 0 Å². The summed E-state index contributed by atoms with van der Waals surface area (Å²) in [6, 6.07) is 0. The first kappa shape index (κ1) is 16.3. The number of rotatable bonds is 7. The van der Waals surface area contributed by atoms with Gasteiger partial charge in [0.2, 0.25) is 0 Å². The molecule has 0 saturated heterocycles. The third kappa shape index (κ3) is 3.84. The Hall–Kier alpha value is -1.80. The molecule has 114 valence electrons. The molecule has 0 fully saturated rings. The van der Waals surface area contributed by atoms with Crippen LogP contribution in [0.4, 0.5) is 11.5 Å². The fourth-order valence-electron chi connectivity index (χ4n) is 1.85. The smallest absolute Gasteiger partial charge is 0.330 e. The third-order valence-electron chi connectivity index (χ3n) is 2.73. The van der Waals surface area contributed by atoms with Crippen LogP contribution in [0.5, 0.6) is 0 Å². The molecule has 0 spiro atoms. The largest absolute Gasteiger partial charge is 0.383 e. The van der Waals surface area contributed by atoms with Gasteiger partial charge < -0.3 is 20.5 Å². The van der Waals surface area contributed by atoms with Crippen LogP contribution in [0, 0.1) is 0 Å². The van der Waals surface area contributed by atoms with E-state index in [4.69, 9.17) is 15.2 Å². The number of hydrogen-bond acceptors (Lipinski definition) is 6. The standard InChI is InChI=1S/C12H22N4O4/c1-12(2,7-20-4)15-8-9(13)16(5-6-19-3)11(18)14-10(8)17/h15H,5-7,13H2,1-4H3,(H,14,17,18). The van der Waals surface area contributed by atoms with Gasteiger partial charge in [0.15, 0.2) is 0 Å². The number of hydrogen-bond donors (Lipinski definition) is 3. The molecule has 8 nitrogen and oxygen atoms in total. The van der Waals surface area contributed by atoms with Crippen molar-refractivity contribution in [2.75, 3.05) is 38.5 Å². The van der Waals surface area contributed by atoms with Crippen molar-refractivity contribution in [1.82, 2.24) is 9.55 Å². The van der Waals surface area contributed by atoms with Crippen LogP contribution < -0.4 is 22.3 Å². The summed E-state index contributed by atoms with van der Waals surface area (Å²) in [5.41, 5.74) is 4.46. The summed E-state index contributed by atoms with van der Waals surface area (Å²) in [5.74, 6) is 0.0833. The lowest BCUT2D eigenvalue weighted by molar-refractivity contribution is 0.158. The lowest BCUT2D eigenvalue weighted by Gasteiger charge is -2.27. The van der Waals surface area contributed by atoms with Crippen LogP contribution in [0.1, 0.15) is 13.8 Å². The summed E-state index contributed by atoms with van der Waals surface area (Å²) in [5, 5.41) is 3.01. The molecule has 0 bridgehead atoms. The minimum atomic E-state index is -0.556. The second-order valence-corrected chi connectivity index (χ2v) is 5.11. The van der Waals surface area contributed by atoms with Gasteiger partial charge in [-0.25, -0.2) is 4.79 Å². The fourth-order valence-corrected chi connectivity index (χ4v) is 1.85. The van der Waals surface area contributed by atoms with E-state index in [1.54, 1.807) is 7.11 Å². The Bertz CT molecular complexity index is 562. The summed E-state index contributed by atoms with van der Waals surface area (Å²) >= 11 is 0. The first-order chi connectivity index (χ1) is 9.32. The van der Waals surface area contributed by atoms with Crippen LogP contribution in [0.2, 0.25) is 0 Å². The molecule has 1 aromatic rings. The van der Waals surface area contributed by atoms with Crippen LogP contribution in [0.25, 0.3) is 0 Å². The quantitative estimate of drug-likeness (QED) is 0.629. The molecule has 0 radical (unpaired) electrons.